The lowest BCUT2D eigenvalue weighted by molar-refractivity contribution is -0.133. The Labute approximate surface area is 91.7 Å². The zero-order chi connectivity index (χ0) is 11.1. The summed E-state index contributed by atoms with van der Waals surface area (Å²) in [7, 11) is 0. The fraction of sp³-hybridized carbons (Fsp3) is 0.909. The highest BCUT2D eigenvalue weighted by Crippen LogP contribution is 2.17. The zero-order valence-electron chi connectivity index (χ0n) is 9.71. The van der Waals surface area contributed by atoms with Crippen LogP contribution in [0.25, 0.3) is 0 Å². The molecule has 1 aliphatic carbocycles. The summed E-state index contributed by atoms with van der Waals surface area (Å²) in [5.41, 5.74) is 2.44. The molecule has 4 heteroatoms. The van der Waals surface area contributed by atoms with Gasteiger partial charge in [0.1, 0.15) is 0 Å². The molecule has 1 fully saturated rings. The Hall–Kier alpha value is -0.610. The molecule has 1 saturated carbocycles. The molecule has 0 bridgehead atoms. The molecular weight excluding hydrogens is 192 g/mol. The molecule has 88 valence electrons. The van der Waals surface area contributed by atoms with Gasteiger partial charge in [0.2, 0.25) is 0 Å². The van der Waals surface area contributed by atoms with E-state index in [0.717, 1.165) is 0 Å². The Morgan fingerprint density at radius 1 is 1.40 bits per heavy atom. The molecule has 0 saturated heterocycles. The first-order chi connectivity index (χ1) is 7.18. The predicted molar refractivity (Wildman–Crippen MR) is 59.2 cm³/mol. The highest BCUT2D eigenvalue weighted by Gasteiger charge is 2.15. The highest BCUT2D eigenvalue weighted by atomic mass is 16.6. The molecule has 0 heterocycles. The highest BCUT2D eigenvalue weighted by molar-refractivity contribution is 5.76. The van der Waals surface area contributed by atoms with Crippen molar-refractivity contribution in [2.45, 2.75) is 45.6 Å². The molecule has 0 spiro atoms. The van der Waals surface area contributed by atoms with E-state index in [0.29, 0.717) is 25.1 Å². The van der Waals surface area contributed by atoms with Crippen LogP contribution in [0.1, 0.15) is 39.5 Å². The maximum atomic E-state index is 11.3. The van der Waals surface area contributed by atoms with Crippen LogP contribution in [0.15, 0.2) is 0 Å². The first kappa shape index (κ1) is 12.5. The van der Waals surface area contributed by atoms with Gasteiger partial charge in [-0.15, -0.1) is 0 Å². The lowest BCUT2D eigenvalue weighted by Crippen LogP contribution is -2.38. The van der Waals surface area contributed by atoms with Gasteiger partial charge in [-0.3, -0.25) is 9.63 Å². The maximum Gasteiger partial charge on any atom is 0.257 e. The van der Waals surface area contributed by atoms with E-state index in [1.807, 2.05) is 13.8 Å². The van der Waals surface area contributed by atoms with E-state index < -0.39 is 0 Å². The average molecular weight is 214 g/mol. The van der Waals surface area contributed by atoms with Gasteiger partial charge in [-0.05, 0) is 18.8 Å². The topological polar surface area (TPSA) is 50.4 Å². The molecule has 0 aromatic carbocycles. The first-order valence-electron chi connectivity index (χ1n) is 5.82. The Morgan fingerprint density at radius 3 is 2.67 bits per heavy atom. The summed E-state index contributed by atoms with van der Waals surface area (Å²) in [6.45, 7) is 5.02. The number of amides is 1. The van der Waals surface area contributed by atoms with E-state index in [1.165, 1.54) is 25.7 Å². The lowest BCUT2D eigenvalue weighted by atomic mass is 10.2. The number of carbonyl (C=O) groups excluding carboxylic acids is 1. The van der Waals surface area contributed by atoms with Crippen LogP contribution in [0.2, 0.25) is 0 Å². The molecule has 1 amide bonds. The second-order valence-electron chi connectivity index (χ2n) is 4.59. The fourth-order valence-corrected chi connectivity index (χ4v) is 1.69. The van der Waals surface area contributed by atoms with Crippen molar-refractivity contribution in [3.8, 4) is 0 Å². The van der Waals surface area contributed by atoms with Crippen LogP contribution in [-0.4, -0.2) is 25.1 Å². The van der Waals surface area contributed by atoms with Crippen molar-refractivity contribution in [3.63, 3.8) is 0 Å². The van der Waals surface area contributed by atoms with Gasteiger partial charge < -0.3 is 5.32 Å². The van der Waals surface area contributed by atoms with E-state index in [-0.39, 0.29) is 5.91 Å². The quantitative estimate of drug-likeness (QED) is 0.654. The van der Waals surface area contributed by atoms with Crippen LogP contribution < -0.4 is 10.8 Å². The molecule has 0 aromatic heterocycles. The lowest BCUT2D eigenvalue weighted by Gasteiger charge is -2.12. The molecule has 1 rings (SSSR count). The third-order valence-electron chi connectivity index (χ3n) is 2.51. The molecular formula is C11H22N2O2. The summed E-state index contributed by atoms with van der Waals surface area (Å²) in [5, 5.41) is 3.23. The second kappa shape index (κ2) is 6.80. The van der Waals surface area contributed by atoms with Gasteiger partial charge in [0, 0.05) is 6.04 Å². The van der Waals surface area contributed by atoms with Gasteiger partial charge in [-0.1, -0.05) is 26.7 Å². The van der Waals surface area contributed by atoms with Gasteiger partial charge in [0.15, 0.2) is 0 Å². The number of rotatable bonds is 6. The molecule has 4 nitrogen and oxygen atoms in total. The Bertz CT molecular complexity index is 189. The monoisotopic (exact) mass is 214 g/mol. The van der Waals surface area contributed by atoms with Crippen LogP contribution in [0.5, 0.6) is 0 Å². The van der Waals surface area contributed by atoms with Crippen molar-refractivity contribution in [2.24, 2.45) is 5.92 Å². The molecule has 1 aliphatic rings. The molecule has 0 aliphatic heterocycles. The summed E-state index contributed by atoms with van der Waals surface area (Å²) in [6, 6.07) is 0.529. The number of hydrogen-bond donors (Lipinski definition) is 2. The largest absolute Gasteiger partial charge is 0.306 e. The Balaban J connectivity index is 1.98. The number of nitrogens with one attached hydrogen (secondary N) is 2. The van der Waals surface area contributed by atoms with Crippen LogP contribution in [0, 0.1) is 5.92 Å². The van der Waals surface area contributed by atoms with Gasteiger partial charge in [-0.2, -0.15) is 0 Å². The van der Waals surface area contributed by atoms with Crippen LogP contribution >= 0.6 is 0 Å². The number of hydrogen-bond acceptors (Lipinski definition) is 3. The van der Waals surface area contributed by atoms with Gasteiger partial charge in [0.25, 0.3) is 5.91 Å². The smallest absolute Gasteiger partial charge is 0.257 e. The van der Waals surface area contributed by atoms with Crippen molar-refractivity contribution in [1.29, 1.82) is 0 Å². The Morgan fingerprint density at radius 2 is 2.07 bits per heavy atom. The second-order valence-corrected chi connectivity index (χ2v) is 4.59. The molecule has 0 unspecified atom stereocenters. The van der Waals surface area contributed by atoms with Crippen molar-refractivity contribution in [1.82, 2.24) is 10.8 Å². The minimum Gasteiger partial charge on any atom is -0.306 e. The third kappa shape index (κ3) is 5.74. The minimum atomic E-state index is -0.0810. The zero-order valence-corrected chi connectivity index (χ0v) is 9.71. The van der Waals surface area contributed by atoms with Gasteiger partial charge in [-0.25, -0.2) is 5.48 Å². The van der Waals surface area contributed by atoms with Gasteiger partial charge in [0.05, 0.1) is 13.2 Å². The van der Waals surface area contributed by atoms with E-state index in [2.05, 4.69) is 10.8 Å². The maximum absolute atomic E-state index is 11.3. The first-order valence-corrected chi connectivity index (χ1v) is 5.82. The fourth-order valence-electron chi connectivity index (χ4n) is 1.69. The summed E-state index contributed by atoms with van der Waals surface area (Å²) in [4.78, 5) is 16.3. The van der Waals surface area contributed by atoms with Crippen LogP contribution in [0.3, 0.4) is 0 Å². The Kier molecular flexibility index (Phi) is 5.65. The molecule has 0 radical (unpaired) electrons. The summed E-state index contributed by atoms with van der Waals surface area (Å²) >= 11 is 0. The predicted octanol–water partition coefficient (Wildman–Crippen LogP) is 1.22. The van der Waals surface area contributed by atoms with Crippen molar-refractivity contribution in [3.05, 3.63) is 0 Å². The van der Waals surface area contributed by atoms with Crippen molar-refractivity contribution in [2.75, 3.05) is 13.2 Å². The summed E-state index contributed by atoms with van der Waals surface area (Å²) in [6.07, 6.45) is 4.95. The number of hydroxylamine groups is 1. The summed E-state index contributed by atoms with van der Waals surface area (Å²) < 4.78 is 0. The number of carbonyl (C=O) groups is 1. The van der Waals surface area contributed by atoms with E-state index in [4.69, 9.17) is 4.84 Å². The normalized spacial score (nSPS) is 17.3. The molecule has 15 heavy (non-hydrogen) atoms. The van der Waals surface area contributed by atoms with Crippen molar-refractivity contribution >= 4 is 5.91 Å². The van der Waals surface area contributed by atoms with Gasteiger partial charge >= 0.3 is 0 Å². The van der Waals surface area contributed by atoms with E-state index in [9.17, 15) is 4.79 Å². The molecule has 0 atom stereocenters. The minimum absolute atomic E-state index is 0.0810. The molecule has 0 aromatic rings. The van der Waals surface area contributed by atoms with Crippen LogP contribution in [-0.2, 0) is 9.63 Å². The standard InChI is InChI=1S/C11H22N2O2/c1-9(2)8-15-13-11(14)7-12-10-5-3-4-6-10/h9-10,12H,3-8H2,1-2H3,(H,13,14). The van der Waals surface area contributed by atoms with Crippen LogP contribution in [0.4, 0.5) is 0 Å². The van der Waals surface area contributed by atoms with E-state index >= 15 is 0 Å². The average Bonchev–Trinajstić information content (AvgIpc) is 2.66. The SMILES string of the molecule is CC(C)CONC(=O)CNC1CCCC1. The molecule has 2 N–H and O–H groups in total. The van der Waals surface area contributed by atoms with Crippen molar-refractivity contribution < 1.29 is 9.63 Å². The third-order valence-corrected chi connectivity index (χ3v) is 2.51. The summed E-state index contributed by atoms with van der Waals surface area (Å²) in [5.74, 6) is 0.357. The van der Waals surface area contributed by atoms with E-state index in [1.54, 1.807) is 0 Å².